The number of aryl methyl sites for hydroxylation is 3. The number of hydrogen-bond donors (Lipinski definition) is 1. The highest BCUT2D eigenvalue weighted by Crippen LogP contribution is 2.22. The molecule has 0 aliphatic rings. The lowest BCUT2D eigenvalue weighted by atomic mass is 9.98. The van der Waals surface area contributed by atoms with Crippen LogP contribution in [0, 0.1) is 19.7 Å². The standard InChI is InChI=1S/C14H17FN2O/c1-9-6-12(15)5-4-11(9)7-14(18)13-8-17(3)16-10(13)2/h4-6,8,14,18H,7H2,1-3H3. The highest BCUT2D eigenvalue weighted by atomic mass is 19.1. The Bertz CT molecular complexity index is 563. The first-order valence-electron chi connectivity index (χ1n) is 5.90. The molecule has 0 spiro atoms. The molecule has 0 aliphatic carbocycles. The van der Waals surface area contributed by atoms with Gasteiger partial charge in [0, 0.05) is 25.2 Å². The van der Waals surface area contributed by atoms with Gasteiger partial charge in [-0.25, -0.2) is 4.39 Å². The van der Waals surface area contributed by atoms with Crippen molar-refractivity contribution >= 4 is 0 Å². The molecule has 1 aromatic carbocycles. The number of hydrogen-bond acceptors (Lipinski definition) is 2. The highest BCUT2D eigenvalue weighted by Gasteiger charge is 2.15. The van der Waals surface area contributed by atoms with Crippen molar-refractivity contribution in [2.75, 3.05) is 0 Å². The lowest BCUT2D eigenvalue weighted by Gasteiger charge is -2.12. The van der Waals surface area contributed by atoms with E-state index in [4.69, 9.17) is 0 Å². The molecule has 1 aromatic heterocycles. The van der Waals surface area contributed by atoms with Crippen molar-refractivity contribution < 1.29 is 9.50 Å². The topological polar surface area (TPSA) is 38.0 Å². The van der Waals surface area contributed by atoms with E-state index in [0.29, 0.717) is 6.42 Å². The number of aromatic nitrogens is 2. The number of rotatable bonds is 3. The number of benzene rings is 1. The zero-order valence-corrected chi connectivity index (χ0v) is 10.8. The number of aliphatic hydroxyl groups is 1. The van der Waals surface area contributed by atoms with Crippen molar-refractivity contribution in [2.24, 2.45) is 7.05 Å². The summed E-state index contributed by atoms with van der Waals surface area (Å²) in [5.74, 6) is -0.247. The fraction of sp³-hybridized carbons (Fsp3) is 0.357. The normalized spacial score (nSPS) is 12.7. The minimum atomic E-state index is -0.608. The van der Waals surface area contributed by atoms with E-state index in [-0.39, 0.29) is 5.82 Å². The lowest BCUT2D eigenvalue weighted by molar-refractivity contribution is 0.177. The van der Waals surface area contributed by atoms with Crippen LogP contribution in [0.1, 0.15) is 28.5 Å². The maximum atomic E-state index is 13.0. The van der Waals surface area contributed by atoms with Crippen LogP contribution < -0.4 is 0 Å². The van der Waals surface area contributed by atoms with E-state index in [1.54, 1.807) is 10.7 Å². The van der Waals surface area contributed by atoms with Crippen molar-refractivity contribution in [1.29, 1.82) is 0 Å². The summed E-state index contributed by atoms with van der Waals surface area (Å²) >= 11 is 0. The molecule has 0 amide bonds. The number of halogens is 1. The van der Waals surface area contributed by atoms with Crippen molar-refractivity contribution in [3.05, 3.63) is 52.6 Å². The third kappa shape index (κ3) is 2.59. The van der Waals surface area contributed by atoms with Crippen molar-refractivity contribution in [2.45, 2.75) is 26.4 Å². The molecule has 0 saturated carbocycles. The van der Waals surface area contributed by atoms with Crippen LogP contribution in [0.25, 0.3) is 0 Å². The van der Waals surface area contributed by atoms with Gasteiger partial charge in [-0.3, -0.25) is 4.68 Å². The Morgan fingerprint density at radius 1 is 1.39 bits per heavy atom. The van der Waals surface area contributed by atoms with Crippen LogP contribution >= 0.6 is 0 Å². The summed E-state index contributed by atoms with van der Waals surface area (Å²) in [5.41, 5.74) is 3.45. The van der Waals surface area contributed by atoms with Gasteiger partial charge in [0.15, 0.2) is 0 Å². The molecule has 4 heteroatoms. The molecule has 1 heterocycles. The molecule has 2 aromatic rings. The second kappa shape index (κ2) is 4.90. The minimum absolute atomic E-state index is 0.247. The Morgan fingerprint density at radius 2 is 2.11 bits per heavy atom. The largest absolute Gasteiger partial charge is 0.388 e. The molecule has 0 aliphatic heterocycles. The Labute approximate surface area is 106 Å². The molecule has 1 N–H and O–H groups in total. The zero-order chi connectivity index (χ0) is 13.3. The van der Waals surface area contributed by atoms with Gasteiger partial charge >= 0.3 is 0 Å². The maximum Gasteiger partial charge on any atom is 0.123 e. The van der Waals surface area contributed by atoms with Crippen molar-refractivity contribution in [3.63, 3.8) is 0 Å². The maximum absolute atomic E-state index is 13.0. The SMILES string of the molecule is Cc1cc(F)ccc1CC(O)c1cn(C)nc1C. The molecule has 1 atom stereocenters. The molecule has 96 valence electrons. The second-order valence-corrected chi connectivity index (χ2v) is 4.63. The third-order valence-electron chi connectivity index (χ3n) is 3.13. The predicted octanol–water partition coefficient (Wildman–Crippen LogP) is 2.45. The Kier molecular flexibility index (Phi) is 3.48. The number of nitrogens with zero attached hydrogens (tertiary/aromatic N) is 2. The molecule has 1 unspecified atom stereocenters. The minimum Gasteiger partial charge on any atom is -0.388 e. The van der Waals surface area contributed by atoms with Gasteiger partial charge in [0.1, 0.15) is 5.82 Å². The van der Waals surface area contributed by atoms with Gasteiger partial charge in [-0.2, -0.15) is 5.10 Å². The molecule has 3 nitrogen and oxygen atoms in total. The summed E-state index contributed by atoms with van der Waals surface area (Å²) in [4.78, 5) is 0. The molecule has 0 saturated heterocycles. The highest BCUT2D eigenvalue weighted by molar-refractivity contribution is 5.29. The molecule has 0 bridgehead atoms. The van der Waals surface area contributed by atoms with E-state index in [0.717, 1.165) is 22.4 Å². The predicted molar refractivity (Wildman–Crippen MR) is 67.7 cm³/mol. The van der Waals surface area contributed by atoms with Crippen LogP contribution in [0.15, 0.2) is 24.4 Å². The van der Waals surface area contributed by atoms with Crippen LogP contribution in [0.5, 0.6) is 0 Å². The first-order chi connectivity index (χ1) is 8.47. The molecule has 0 fully saturated rings. The second-order valence-electron chi connectivity index (χ2n) is 4.63. The Hall–Kier alpha value is -1.68. The third-order valence-corrected chi connectivity index (χ3v) is 3.13. The van der Waals surface area contributed by atoms with Gasteiger partial charge in [0.2, 0.25) is 0 Å². The fourth-order valence-electron chi connectivity index (χ4n) is 2.15. The first-order valence-corrected chi connectivity index (χ1v) is 5.90. The van der Waals surface area contributed by atoms with Gasteiger partial charge in [0.25, 0.3) is 0 Å². The molecular weight excluding hydrogens is 231 g/mol. The van der Waals surface area contributed by atoms with E-state index in [1.165, 1.54) is 12.1 Å². The fourth-order valence-corrected chi connectivity index (χ4v) is 2.15. The Balaban J connectivity index is 2.21. The summed E-state index contributed by atoms with van der Waals surface area (Å²) in [6.07, 6.45) is 1.68. The molecule has 18 heavy (non-hydrogen) atoms. The van der Waals surface area contributed by atoms with E-state index >= 15 is 0 Å². The first kappa shape index (κ1) is 12.8. The summed E-state index contributed by atoms with van der Waals surface area (Å²) in [7, 11) is 1.83. The van der Waals surface area contributed by atoms with Gasteiger partial charge in [0.05, 0.1) is 11.8 Å². The summed E-state index contributed by atoms with van der Waals surface area (Å²) in [5, 5.41) is 14.4. The van der Waals surface area contributed by atoms with E-state index in [9.17, 15) is 9.50 Å². The average molecular weight is 248 g/mol. The van der Waals surface area contributed by atoms with E-state index in [2.05, 4.69) is 5.10 Å². The van der Waals surface area contributed by atoms with Gasteiger partial charge in [-0.1, -0.05) is 6.07 Å². The monoisotopic (exact) mass is 248 g/mol. The lowest BCUT2D eigenvalue weighted by Crippen LogP contribution is -2.04. The number of aliphatic hydroxyl groups excluding tert-OH is 1. The average Bonchev–Trinajstić information content (AvgIpc) is 2.62. The van der Waals surface area contributed by atoms with Crippen molar-refractivity contribution in [3.8, 4) is 0 Å². The summed E-state index contributed by atoms with van der Waals surface area (Å²) in [6.45, 7) is 3.72. The van der Waals surface area contributed by atoms with Crippen LogP contribution in [0.2, 0.25) is 0 Å². The van der Waals surface area contributed by atoms with Gasteiger partial charge in [-0.05, 0) is 37.1 Å². The molecule has 2 rings (SSSR count). The van der Waals surface area contributed by atoms with Crippen molar-refractivity contribution in [1.82, 2.24) is 9.78 Å². The summed E-state index contributed by atoms with van der Waals surface area (Å²) < 4.78 is 14.7. The van der Waals surface area contributed by atoms with Crippen LogP contribution in [0.4, 0.5) is 4.39 Å². The van der Waals surface area contributed by atoms with Gasteiger partial charge in [-0.15, -0.1) is 0 Å². The van der Waals surface area contributed by atoms with Crippen LogP contribution in [0.3, 0.4) is 0 Å². The van der Waals surface area contributed by atoms with Crippen LogP contribution in [-0.2, 0) is 13.5 Å². The van der Waals surface area contributed by atoms with E-state index < -0.39 is 6.10 Å². The molecular formula is C14H17FN2O. The van der Waals surface area contributed by atoms with E-state index in [1.807, 2.05) is 27.1 Å². The molecule has 0 radical (unpaired) electrons. The Morgan fingerprint density at radius 3 is 2.67 bits per heavy atom. The smallest absolute Gasteiger partial charge is 0.123 e. The zero-order valence-electron chi connectivity index (χ0n) is 10.8. The van der Waals surface area contributed by atoms with Crippen LogP contribution in [-0.4, -0.2) is 14.9 Å². The van der Waals surface area contributed by atoms with Gasteiger partial charge < -0.3 is 5.11 Å². The summed E-state index contributed by atoms with van der Waals surface area (Å²) in [6, 6.07) is 4.63. The quantitative estimate of drug-likeness (QED) is 0.906.